The molecule has 0 amide bonds. The molecule has 5 heteroatoms. The molecular formula is C22H34O5. The Morgan fingerprint density at radius 2 is 2.00 bits per heavy atom. The minimum atomic E-state index is -0.686. The predicted octanol–water partition coefficient (Wildman–Crippen LogP) is 2.89. The van der Waals surface area contributed by atoms with Gasteiger partial charge in [-0.1, -0.05) is 33.8 Å². The molecule has 0 radical (unpaired) electrons. The van der Waals surface area contributed by atoms with Crippen molar-refractivity contribution in [2.24, 2.45) is 34.0 Å². The zero-order chi connectivity index (χ0) is 20.2. The smallest absolute Gasteiger partial charge is 0.332 e. The van der Waals surface area contributed by atoms with E-state index in [-0.39, 0.29) is 29.0 Å². The number of ketones is 1. The molecule has 0 aliphatic heterocycles. The number of aliphatic hydroxyl groups excluding tert-OH is 2. The summed E-state index contributed by atoms with van der Waals surface area (Å²) in [6.45, 7) is 11.5. The average Bonchev–Trinajstić information content (AvgIpc) is 3.00. The van der Waals surface area contributed by atoms with E-state index in [4.69, 9.17) is 4.74 Å². The maximum atomic E-state index is 13.1. The van der Waals surface area contributed by atoms with Gasteiger partial charge in [0.05, 0.1) is 6.10 Å². The lowest BCUT2D eigenvalue weighted by Crippen LogP contribution is -2.63. The summed E-state index contributed by atoms with van der Waals surface area (Å²) in [4.78, 5) is 25.2. The van der Waals surface area contributed by atoms with Gasteiger partial charge in [-0.2, -0.15) is 0 Å². The van der Waals surface area contributed by atoms with Gasteiger partial charge in [0.15, 0.2) is 0 Å². The SMILES string of the molecule is C=C[C@]1(C)C[C@@H](OC(=O)CO)[C@@]2(C)C3C(=O)CCC3(CC[C@H]2C)[C@@H](C)[C@@H]1O. The number of carbonyl (C=O) groups is 2. The van der Waals surface area contributed by atoms with E-state index in [1.807, 2.05) is 6.92 Å². The summed E-state index contributed by atoms with van der Waals surface area (Å²) in [7, 11) is 0. The molecule has 3 saturated carbocycles. The number of carbonyl (C=O) groups excluding carboxylic acids is 2. The zero-order valence-corrected chi connectivity index (χ0v) is 17.0. The van der Waals surface area contributed by atoms with Crippen molar-refractivity contribution in [3.63, 3.8) is 0 Å². The van der Waals surface area contributed by atoms with Gasteiger partial charge in [-0.05, 0) is 42.9 Å². The number of hydrogen-bond donors (Lipinski definition) is 2. The summed E-state index contributed by atoms with van der Waals surface area (Å²) >= 11 is 0. The van der Waals surface area contributed by atoms with Crippen LogP contribution in [0.5, 0.6) is 0 Å². The molecule has 5 nitrogen and oxygen atoms in total. The van der Waals surface area contributed by atoms with Gasteiger partial charge in [0.1, 0.15) is 18.5 Å². The van der Waals surface area contributed by atoms with Gasteiger partial charge >= 0.3 is 5.97 Å². The fourth-order valence-corrected chi connectivity index (χ4v) is 6.70. The second-order valence-corrected chi connectivity index (χ2v) is 9.72. The van der Waals surface area contributed by atoms with Crippen LogP contribution in [0.1, 0.15) is 59.8 Å². The molecule has 3 rings (SSSR count). The molecule has 3 aliphatic carbocycles. The van der Waals surface area contributed by atoms with Crippen LogP contribution in [0.4, 0.5) is 0 Å². The molecule has 0 saturated heterocycles. The van der Waals surface area contributed by atoms with E-state index in [2.05, 4.69) is 27.4 Å². The Morgan fingerprint density at radius 3 is 2.59 bits per heavy atom. The average molecular weight is 379 g/mol. The van der Waals surface area contributed by atoms with Crippen molar-refractivity contribution >= 4 is 11.8 Å². The molecule has 2 bridgehead atoms. The van der Waals surface area contributed by atoms with Crippen LogP contribution in [0.15, 0.2) is 12.7 Å². The molecule has 0 aromatic rings. The summed E-state index contributed by atoms with van der Waals surface area (Å²) in [5, 5.41) is 20.6. The van der Waals surface area contributed by atoms with Crippen LogP contribution in [-0.2, 0) is 14.3 Å². The summed E-state index contributed by atoms with van der Waals surface area (Å²) < 4.78 is 5.77. The van der Waals surface area contributed by atoms with Crippen molar-refractivity contribution in [2.75, 3.05) is 6.61 Å². The van der Waals surface area contributed by atoms with Crippen molar-refractivity contribution in [2.45, 2.75) is 72.0 Å². The van der Waals surface area contributed by atoms with Gasteiger partial charge < -0.3 is 14.9 Å². The third-order valence-electron chi connectivity index (χ3n) is 8.70. The van der Waals surface area contributed by atoms with Crippen molar-refractivity contribution in [1.29, 1.82) is 0 Å². The second-order valence-electron chi connectivity index (χ2n) is 9.72. The quantitative estimate of drug-likeness (QED) is 0.583. The molecule has 0 aromatic heterocycles. The van der Waals surface area contributed by atoms with Crippen molar-refractivity contribution in [3.8, 4) is 0 Å². The molecule has 2 unspecified atom stereocenters. The lowest BCUT2D eigenvalue weighted by atomic mass is 9.44. The van der Waals surface area contributed by atoms with E-state index in [0.717, 1.165) is 19.3 Å². The van der Waals surface area contributed by atoms with E-state index >= 15 is 0 Å². The number of Topliss-reactive ketones (excluding diaryl/α,β-unsaturated/α-hetero) is 1. The first-order valence-electron chi connectivity index (χ1n) is 10.2. The van der Waals surface area contributed by atoms with Gasteiger partial charge in [0.25, 0.3) is 0 Å². The van der Waals surface area contributed by atoms with Gasteiger partial charge in [0, 0.05) is 23.2 Å². The van der Waals surface area contributed by atoms with E-state index < -0.39 is 35.6 Å². The minimum absolute atomic E-state index is 0.0433. The number of ether oxygens (including phenoxy) is 1. The summed E-state index contributed by atoms with van der Waals surface area (Å²) in [6, 6.07) is 0. The Kier molecular flexibility index (Phi) is 5.09. The van der Waals surface area contributed by atoms with Crippen molar-refractivity contribution < 1.29 is 24.5 Å². The summed E-state index contributed by atoms with van der Waals surface area (Å²) in [6.07, 6.45) is 4.10. The standard InChI is InChI=1S/C22H34O5/c1-6-20(4)11-16(27-17(25)12-23)21(5)13(2)7-9-22(14(3)19(20)26)10-8-15(24)18(21)22/h6,13-14,16,18-19,23,26H,1,7-12H2,2-5H3/t13-,14+,16-,18?,19+,20-,21+,22?/m1/s1. The Morgan fingerprint density at radius 1 is 1.33 bits per heavy atom. The monoisotopic (exact) mass is 378 g/mol. The first kappa shape index (κ1) is 20.5. The topological polar surface area (TPSA) is 83.8 Å². The van der Waals surface area contributed by atoms with Crippen LogP contribution < -0.4 is 0 Å². The third kappa shape index (κ3) is 2.72. The van der Waals surface area contributed by atoms with Gasteiger partial charge in [-0.25, -0.2) is 4.79 Å². The fraction of sp³-hybridized carbons (Fsp3) is 0.818. The highest BCUT2D eigenvalue weighted by atomic mass is 16.6. The van der Waals surface area contributed by atoms with Gasteiger partial charge in [-0.3, -0.25) is 4.79 Å². The highest BCUT2D eigenvalue weighted by molar-refractivity contribution is 5.85. The fourth-order valence-electron chi connectivity index (χ4n) is 6.70. The highest BCUT2D eigenvalue weighted by Crippen LogP contribution is 2.67. The van der Waals surface area contributed by atoms with Crippen molar-refractivity contribution in [3.05, 3.63) is 12.7 Å². The number of esters is 1. The Balaban J connectivity index is 2.21. The van der Waals surface area contributed by atoms with Crippen LogP contribution in [0.3, 0.4) is 0 Å². The van der Waals surface area contributed by atoms with Crippen LogP contribution in [-0.4, -0.2) is 40.8 Å². The van der Waals surface area contributed by atoms with Crippen LogP contribution in [0.25, 0.3) is 0 Å². The minimum Gasteiger partial charge on any atom is -0.460 e. The molecule has 3 aliphatic rings. The largest absolute Gasteiger partial charge is 0.460 e. The predicted molar refractivity (Wildman–Crippen MR) is 102 cm³/mol. The maximum absolute atomic E-state index is 13.1. The van der Waals surface area contributed by atoms with E-state index in [1.54, 1.807) is 6.08 Å². The van der Waals surface area contributed by atoms with Crippen molar-refractivity contribution in [1.82, 2.24) is 0 Å². The summed E-state index contributed by atoms with van der Waals surface area (Å²) in [5.74, 6) is -0.520. The molecule has 0 aromatic carbocycles. The molecule has 0 heterocycles. The Hall–Kier alpha value is -1.20. The molecule has 27 heavy (non-hydrogen) atoms. The lowest BCUT2D eigenvalue weighted by Gasteiger charge is -2.61. The van der Waals surface area contributed by atoms with Crippen LogP contribution in [0.2, 0.25) is 0 Å². The first-order valence-corrected chi connectivity index (χ1v) is 10.2. The van der Waals surface area contributed by atoms with E-state index in [1.165, 1.54) is 0 Å². The second kappa shape index (κ2) is 6.70. The van der Waals surface area contributed by atoms with Gasteiger partial charge in [0.2, 0.25) is 0 Å². The normalized spacial score (nSPS) is 49.7. The molecule has 152 valence electrons. The highest BCUT2D eigenvalue weighted by Gasteiger charge is 2.68. The molecular weight excluding hydrogens is 344 g/mol. The summed E-state index contributed by atoms with van der Waals surface area (Å²) in [5.41, 5.74) is -1.43. The Bertz CT molecular complexity index is 645. The molecule has 0 spiro atoms. The first-order chi connectivity index (χ1) is 12.6. The Labute approximate surface area is 162 Å². The van der Waals surface area contributed by atoms with E-state index in [0.29, 0.717) is 12.8 Å². The number of aliphatic hydroxyl groups is 2. The third-order valence-corrected chi connectivity index (χ3v) is 8.70. The number of hydrogen-bond acceptors (Lipinski definition) is 5. The van der Waals surface area contributed by atoms with Crippen LogP contribution in [0, 0.1) is 34.0 Å². The van der Waals surface area contributed by atoms with E-state index in [9.17, 15) is 19.8 Å². The van der Waals surface area contributed by atoms with Gasteiger partial charge in [-0.15, -0.1) is 6.58 Å². The zero-order valence-electron chi connectivity index (χ0n) is 17.0. The lowest BCUT2D eigenvalue weighted by molar-refractivity contribution is -0.207. The molecule has 2 N–H and O–H groups in total. The molecule has 3 fully saturated rings. The molecule has 8 atom stereocenters. The maximum Gasteiger partial charge on any atom is 0.332 e. The van der Waals surface area contributed by atoms with Crippen LogP contribution >= 0.6 is 0 Å². The number of rotatable bonds is 3.